The number of aromatic nitrogens is 3. The maximum atomic E-state index is 13.3. The lowest BCUT2D eigenvalue weighted by atomic mass is 9.85. The van der Waals surface area contributed by atoms with E-state index in [4.69, 9.17) is 10.00 Å². The monoisotopic (exact) mass is 447 g/mol. The number of nitrogens with zero attached hydrogens (tertiary/aromatic N) is 5. The van der Waals surface area contributed by atoms with E-state index in [1.807, 2.05) is 40.7 Å². The molecule has 0 aliphatic carbocycles. The molecule has 33 heavy (non-hydrogen) atoms. The molecule has 0 radical (unpaired) electrons. The molecule has 0 fully saturated rings. The third-order valence-corrected chi connectivity index (χ3v) is 5.07. The van der Waals surface area contributed by atoms with Crippen molar-refractivity contribution >= 4 is 11.9 Å². The normalized spacial score (nSPS) is 11.5. The predicted molar refractivity (Wildman–Crippen MR) is 123 cm³/mol. The second-order valence-electron chi connectivity index (χ2n) is 9.27. The first-order valence-electron chi connectivity index (χ1n) is 10.4. The first-order valence-corrected chi connectivity index (χ1v) is 10.4. The van der Waals surface area contributed by atoms with E-state index in [2.05, 4.69) is 15.2 Å². The molecule has 2 heterocycles. The Morgan fingerprint density at radius 1 is 1.00 bits per heavy atom. The highest BCUT2D eigenvalue weighted by atomic mass is 19.1. The van der Waals surface area contributed by atoms with Crippen molar-refractivity contribution < 1.29 is 13.9 Å². The van der Waals surface area contributed by atoms with Crippen LogP contribution in [-0.4, -0.2) is 33.4 Å². The minimum atomic E-state index is -0.625. The zero-order chi connectivity index (χ0) is 24.2. The Bertz CT molecular complexity index is 1150. The molecular weight excluding hydrogens is 421 g/mol. The number of rotatable bonds is 5. The van der Waals surface area contributed by atoms with Crippen LogP contribution in [0.4, 0.5) is 15.0 Å². The van der Waals surface area contributed by atoms with Gasteiger partial charge in [0.05, 0.1) is 11.3 Å². The summed E-state index contributed by atoms with van der Waals surface area (Å²) >= 11 is 0. The summed E-state index contributed by atoms with van der Waals surface area (Å²) in [4.78, 5) is 18.7. The van der Waals surface area contributed by atoms with E-state index < -0.39 is 17.0 Å². The number of ether oxygens (including phenoxy) is 1. The molecule has 0 aliphatic rings. The van der Waals surface area contributed by atoms with Crippen molar-refractivity contribution in [3.63, 3.8) is 0 Å². The molecular formula is C25H26FN5O2. The molecule has 0 N–H and O–H groups in total. The highest BCUT2D eigenvalue weighted by Gasteiger charge is 2.33. The molecule has 0 saturated heterocycles. The lowest BCUT2D eigenvalue weighted by Gasteiger charge is -2.34. The Kier molecular flexibility index (Phi) is 6.73. The van der Waals surface area contributed by atoms with Gasteiger partial charge in [0.2, 0.25) is 0 Å². The van der Waals surface area contributed by atoms with E-state index in [-0.39, 0.29) is 12.4 Å². The van der Waals surface area contributed by atoms with Crippen LogP contribution in [0.25, 0.3) is 11.4 Å². The van der Waals surface area contributed by atoms with Crippen LogP contribution in [0.2, 0.25) is 0 Å². The first-order chi connectivity index (χ1) is 15.5. The molecule has 0 spiro atoms. The molecule has 1 amide bonds. The number of hydrogen-bond acceptors (Lipinski definition) is 6. The summed E-state index contributed by atoms with van der Waals surface area (Å²) < 4.78 is 18.9. The largest absolute Gasteiger partial charge is 0.448 e. The molecule has 0 saturated carbocycles. The number of amides is 1. The molecule has 3 rings (SSSR count). The summed E-state index contributed by atoms with van der Waals surface area (Å²) in [6.45, 7) is 9.57. The van der Waals surface area contributed by atoms with Gasteiger partial charge in [-0.05, 0) is 62.7 Å². The Labute approximate surface area is 192 Å². The molecule has 0 aliphatic heterocycles. The Hall–Kier alpha value is -3.86. The highest BCUT2D eigenvalue weighted by molar-refractivity contribution is 5.88. The molecule has 8 heteroatoms. The summed E-state index contributed by atoms with van der Waals surface area (Å²) in [7, 11) is 0. The minimum Gasteiger partial charge on any atom is -0.448 e. The molecule has 0 unspecified atom stereocenters. The standard InChI is InChI=1S/C25H26FN5O2/c1-24(2,3)31(23(32)33-16-25(4,5)18-7-9-19(26)10-8-18)22-13-12-21(29-30-22)20-11-6-17(14-27)15-28-20/h6-13,15H,16H2,1-5H3. The summed E-state index contributed by atoms with van der Waals surface area (Å²) in [5.74, 6) is 0.0214. The molecule has 0 bridgehead atoms. The van der Waals surface area contributed by atoms with Crippen LogP contribution in [0.1, 0.15) is 45.7 Å². The fourth-order valence-corrected chi connectivity index (χ4v) is 3.19. The van der Waals surface area contributed by atoms with Crippen molar-refractivity contribution in [2.45, 2.75) is 45.6 Å². The van der Waals surface area contributed by atoms with Crippen molar-refractivity contribution in [1.29, 1.82) is 5.26 Å². The van der Waals surface area contributed by atoms with Crippen LogP contribution >= 0.6 is 0 Å². The molecule has 2 aromatic heterocycles. The molecule has 1 aromatic carbocycles. The minimum absolute atomic E-state index is 0.102. The van der Waals surface area contributed by atoms with Gasteiger partial charge in [0, 0.05) is 17.2 Å². The van der Waals surface area contributed by atoms with Gasteiger partial charge in [0.25, 0.3) is 0 Å². The van der Waals surface area contributed by atoms with Crippen LogP contribution in [0.5, 0.6) is 0 Å². The SMILES string of the molecule is CC(C)(COC(=O)N(c1ccc(-c2ccc(C#N)cn2)nn1)C(C)(C)C)c1ccc(F)cc1. The highest BCUT2D eigenvalue weighted by Crippen LogP contribution is 2.27. The van der Waals surface area contributed by atoms with Crippen molar-refractivity contribution in [2.75, 3.05) is 11.5 Å². The maximum absolute atomic E-state index is 13.3. The van der Waals surface area contributed by atoms with E-state index in [1.165, 1.54) is 23.2 Å². The van der Waals surface area contributed by atoms with Gasteiger partial charge in [0.15, 0.2) is 5.82 Å². The molecule has 170 valence electrons. The average Bonchev–Trinajstić information content (AvgIpc) is 2.78. The van der Waals surface area contributed by atoms with Gasteiger partial charge >= 0.3 is 6.09 Å². The fourth-order valence-electron chi connectivity index (χ4n) is 3.19. The van der Waals surface area contributed by atoms with Gasteiger partial charge in [-0.3, -0.25) is 9.88 Å². The smallest absolute Gasteiger partial charge is 0.416 e. The van der Waals surface area contributed by atoms with Crippen molar-refractivity contribution in [3.05, 3.63) is 71.7 Å². The van der Waals surface area contributed by atoms with Gasteiger partial charge in [-0.25, -0.2) is 9.18 Å². The van der Waals surface area contributed by atoms with Gasteiger partial charge in [0.1, 0.15) is 24.2 Å². The topological polar surface area (TPSA) is 92.0 Å². The van der Waals surface area contributed by atoms with Crippen LogP contribution in [0.3, 0.4) is 0 Å². The van der Waals surface area contributed by atoms with Gasteiger partial charge in [-0.1, -0.05) is 26.0 Å². The van der Waals surface area contributed by atoms with Gasteiger partial charge < -0.3 is 4.74 Å². The third kappa shape index (κ3) is 5.69. The summed E-state index contributed by atoms with van der Waals surface area (Å²) in [5.41, 5.74) is 1.26. The van der Waals surface area contributed by atoms with Crippen LogP contribution < -0.4 is 4.90 Å². The second-order valence-corrected chi connectivity index (χ2v) is 9.27. The predicted octanol–water partition coefficient (Wildman–Crippen LogP) is 5.27. The fraction of sp³-hybridized carbons (Fsp3) is 0.320. The zero-order valence-corrected chi connectivity index (χ0v) is 19.3. The van der Waals surface area contributed by atoms with E-state index in [0.29, 0.717) is 22.8 Å². The van der Waals surface area contributed by atoms with E-state index in [0.717, 1.165) is 5.56 Å². The third-order valence-electron chi connectivity index (χ3n) is 5.07. The number of halogens is 1. The van der Waals surface area contributed by atoms with Crippen LogP contribution in [-0.2, 0) is 10.2 Å². The number of benzene rings is 1. The van der Waals surface area contributed by atoms with E-state index >= 15 is 0 Å². The lowest BCUT2D eigenvalue weighted by molar-refractivity contribution is 0.125. The lowest BCUT2D eigenvalue weighted by Crippen LogP contribution is -2.47. The summed E-state index contributed by atoms with van der Waals surface area (Å²) in [6, 6.07) is 14.9. The number of nitriles is 1. The Morgan fingerprint density at radius 2 is 1.67 bits per heavy atom. The first kappa shape index (κ1) is 23.8. The van der Waals surface area contributed by atoms with Crippen molar-refractivity contribution in [3.8, 4) is 17.5 Å². The summed E-state index contributed by atoms with van der Waals surface area (Å²) in [6.07, 6.45) is 0.906. The van der Waals surface area contributed by atoms with Crippen LogP contribution in [0, 0.1) is 17.1 Å². The second kappa shape index (κ2) is 9.33. The molecule has 7 nitrogen and oxygen atoms in total. The Balaban J connectivity index is 1.78. The Morgan fingerprint density at radius 3 is 2.18 bits per heavy atom. The molecule has 0 atom stereocenters. The average molecular weight is 448 g/mol. The molecule has 3 aromatic rings. The van der Waals surface area contributed by atoms with E-state index in [9.17, 15) is 9.18 Å². The number of anilines is 1. The zero-order valence-electron chi connectivity index (χ0n) is 19.3. The number of carbonyl (C=O) groups excluding carboxylic acids is 1. The van der Waals surface area contributed by atoms with E-state index in [1.54, 1.807) is 36.4 Å². The quantitative estimate of drug-likeness (QED) is 0.529. The van der Waals surface area contributed by atoms with Gasteiger partial charge in [-0.2, -0.15) is 5.26 Å². The maximum Gasteiger partial charge on any atom is 0.416 e. The number of pyridine rings is 1. The number of carbonyl (C=O) groups is 1. The van der Waals surface area contributed by atoms with Crippen molar-refractivity contribution in [1.82, 2.24) is 15.2 Å². The summed E-state index contributed by atoms with van der Waals surface area (Å²) in [5, 5.41) is 17.3. The van der Waals surface area contributed by atoms with Gasteiger partial charge in [-0.15, -0.1) is 10.2 Å². The number of hydrogen-bond donors (Lipinski definition) is 0. The van der Waals surface area contributed by atoms with Crippen molar-refractivity contribution in [2.24, 2.45) is 0 Å². The van der Waals surface area contributed by atoms with Crippen LogP contribution in [0.15, 0.2) is 54.7 Å².